The molecule has 2 rings (SSSR count). The summed E-state index contributed by atoms with van der Waals surface area (Å²) in [6, 6.07) is 4.81. The highest BCUT2D eigenvalue weighted by atomic mass is 16.4. The first-order valence-corrected chi connectivity index (χ1v) is 5.77. The first-order chi connectivity index (χ1) is 8.04. The molecule has 1 heterocycles. The number of nitrogens with one attached hydrogen (secondary N) is 1. The number of nitrogens with zero attached hydrogens (tertiary/aromatic N) is 1. The lowest BCUT2D eigenvalue weighted by molar-refractivity contribution is 0.544. The van der Waals surface area contributed by atoms with Gasteiger partial charge in [-0.05, 0) is 44.4 Å². The molecule has 0 aliphatic carbocycles. The van der Waals surface area contributed by atoms with Gasteiger partial charge in [0, 0.05) is 12.6 Å². The molecule has 3 heteroatoms. The third kappa shape index (κ3) is 1.93. The summed E-state index contributed by atoms with van der Waals surface area (Å²) in [5.41, 5.74) is 5.96. The summed E-state index contributed by atoms with van der Waals surface area (Å²) in [7, 11) is 1.81. The zero-order valence-corrected chi connectivity index (χ0v) is 11.0. The molecule has 0 saturated heterocycles. The molecule has 0 aliphatic heterocycles. The minimum absolute atomic E-state index is 0.565. The third-order valence-electron chi connectivity index (χ3n) is 3.32. The minimum Gasteiger partial charge on any atom is -0.428 e. The molecule has 3 nitrogen and oxygen atoms in total. The molecule has 1 aromatic carbocycles. The summed E-state index contributed by atoms with van der Waals surface area (Å²) < 4.78 is 5.52. The maximum atomic E-state index is 5.52. The number of anilines is 1. The van der Waals surface area contributed by atoms with Gasteiger partial charge in [-0.25, -0.2) is 0 Å². The molecule has 0 spiro atoms. The predicted molar refractivity (Wildman–Crippen MR) is 70.4 cm³/mol. The molecule has 0 saturated carbocycles. The van der Waals surface area contributed by atoms with Gasteiger partial charge in [-0.3, -0.25) is 0 Å². The zero-order chi connectivity index (χ0) is 12.6. The molecule has 0 atom stereocenters. The van der Waals surface area contributed by atoms with Crippen molar-refractivity contribution in [2.24, 2.45) is 0 Å². The average Bonchev–Trinajstić information content (AvgIpc) is 2.68. The van der Waals surface area contributed by atoms with E-state index in [1.54, 1.807) is 0 Å². The smallest absolute Gasteiger partial charge is 0.295 e. The lowest BCUT2D eigenvalue weighted by atomic mass is 9.96. The van der Waals surface area contributed by atoms with Crippen LogP contribution in [0.15, 0.2) is 16.5 Å². The van der Waals surface area contributed by atoms with Crippen molar-refractivity contribution in [3.05, 3.63) is 34.6 Å². The first kappa shape index (κ1) is 11.7. The molecule has 17 heavy (non-hydrogen) atoms. The Kier molecular flexibility index (Phi) is 2.92. The predicted octanol–water partition coefficient (Wildman–Crippen LogP) is 3.62. The summed E-state index contributed by atoms with van der Waals surface area (Å²) in [6.07, 6.45) is 0. The summed E-state index contributed by atoms with van der Waals surface area (Å²) >= 11 is 0. The van der Waals surface area contributed by atoms with E-state index in [0.717, 1.165) is 17.0 Å². The van der Waals surface area contributed by atoms with Crippen LogP contribution < -0.4 is 5.32 Å². The maximum Gasteiger partial charge on any atom is 0.295 e. The monoisotopic (exact) mass is 230 g/mol. The summed E-state index contributed by atoms with van der Waals surface area (Å²) in [5, 5.41) is 2.93. The van der Waals surface area contributed by atoms with Crippen molar-refractivity contribution >= 4 is 6.01 Å². The SMILES string of the molecule is CNc1nc(-c2ccc(C)c(C)c2C)c(C)o1. The van der Waals surface area contributed by atoms with E-state index in [-0.39, 0.29) is 0 Å². The largest absolute Gasteiger partial charge is 0.428 e. The third-order valence-corrected chi connectivity index (χ3v) is 3.32. The van der Waals surface area contributed by atoms with E-state index >= 15 is 0 Å². The Morgan fingerprint density at radius 3 is 2.35 bits per heavy atom. The molecule has 1 aromatic heterocycles. The first-order valence-electron chi connectivity index (χ1n) is 5.77. The van der Waals surface area contributed by atoms with Gasteiger partial charge in [0.1, 0.15) is 11.5 Å². The number of rotatable bonds is 2. The fourth-order valence-corrected chi connectivity index (χ4v) is 1.97. The van der Waals surface area contributed by atoms with E-state index in [9.17, 15) is 0 Å². The standard InChI is InChI=1S/C14H18N2O/c1-8-6-7-12(10(3)9(8)2)13-11(4)17-14(15-5)16-13/h6-7H,1-5H3,(H,15,16). The molecule has 90 valence electrons. The van der Waals surface area contributed by atoms with Gasteiger partial charge in [0.2, 0.25) is 0 Å². The molecule has 2 aromatic rings. The van der Waals surface area contributed by atoms with Gasteiger partial charge < -0.3 is 9.73 Å². The Morgan fingerprint density at radius 2 is 1.76 bits per heavy atom. The molecule has 1 N–H and O–H groups in total. The van der Waals surface area contributed by atoms with Crippen molar-refractivity contribution in [3.63, 3.8) is 0 Å². The number of hydrogen-bond donors (Lipinski definition) is 1. The Balaban J connectivity index is 2.60. The van der Waals surface area contributed by atoms with Gasteiger partial charge in [-0.2, -0.15) is 4.98 Å². The highest BCUT2D eigenvalue weighted by Crippen LogP contribution is 2.30. The van der Waals surface area contributed by atoms with E-state index in [1.807, 2.05) is 14.0 Å². The van der Waals surface area contributed by atoms with E-state index < -0.39 is 0 Å². The molecule has 0 radical (unpaired) electrons. The van der Waals surface area contributed by atoms with E-state index in [4.69, 9.17) is 4.42 Å². The van der Waals surface area contributed by atoms with Gasteiger partial charge in [0.25, 0.3) is 6.01 Å². The van der Waals surface area contributed by atoms with Crippen LogP contribution in [0.1, 0.15) is 22.5 Å². The van der Waals surface area contributed by atoms with Gasteiger partial charge >= 0.3 is 0 Å². The van der Waals surface area contributed by atoms with Gasteiger partial charge in [-0.1, -0.05) is 12.1 Å². The van der Waals surface area contributed by atoms with Crippen LogP contribution in [0.25, 0.3) is 11.3 Å². The van der Waals surface area contributed by atoms with Crippen LogP contribution in [-0.4, -0.2) is 12.0 Å². The Morgan fingerprint density at radius 1 is 1.06 bits per heavy atom. The van der Waals surface area contributed by atoms with Crippen LogP contribution in [0.4, 0.5) is 6.01 Å². The molecule has 0 aliphatic rings. The second-order valence-corrected chi connectivity index (χ2v) is 4.35. The van der Waals surface area contributed by atoms with Gasteiger partial charge in [0.15, 0.2) is 0 Å². The maximum absolute atomic E-state index is 5.52. The van der Waals surface area contributed by atoms with E-state index in [1.165, 1.54) is 16.7 Å². The highest BCUT2D eigenvalue weighted by molar-refractivity contribution is 5.68. The van der Waals surface area contributed by atoms with Gasteiger partial charge in [0.05, 0.1) is 0 Å². The fourth-order valence-electron chi connectivity index (χ4n) is 1.97. The van der Waals surface area contributed by atoms with Crippen molar-refractivity contribution in [2.45, 2.75) is 27.7 Å². The van der Waals surface area contributed by atoms with E-state index in [0.29, 0.717) is 6.01 Å². The van der Waals surface area contributed by atoms with Crippen LogP contribution in [0.5, 0.6) is 0 Å². The number of aromatic nitrogens is 1. The van der Waals surface area contributed by atoms with Crippen LogP contribution >= 0.6 is 0 Å². The highest BCUT2D eigenvalue weighted by Gasteiger charge is 2.14. The van der Waals surface area contributed by atoms with E-state index in [2.05, 4.69) is 43.2 Å². The van der Waals surface area contributed by atoms with Crippen LogP contribution in [0.2, 0.25) is 0 Å². The van der Waals surface area contributed by atoms with Gasteiger partial charge in [-0.15, -0.1) is 0 Å². The topological polar surface area (TPSA) is 38.1 Å². The Labute approximate surface area is 102 Å². The molecule has 0 bridgehead atoms. The van der Waals surface area contributed by atoms with Crippen molar-refractivity contribution < 1.29 is 4.42 Å². The number of aryl methyl sites for hydroxylation is 2. The second-order valence-electron chi connectivity index (χ2n) is 4.35. The average molecular weight is 230 g/mol. The summed E-state index contributed by atoms with van der Waals surface area (Å²) in [5.74, 6) is 0.848. The Hall–Kier alpha value is -1.77. The second kappa shape index (κ2) is 4.24. The zero-order valence-electron chi connectivity index (χ0n) is 11.0. The molecular weight excluding hydrogens is 212 g/mol. The lowest BCUT2D eigenvalue weighted by Crippen LogP contribution is -1.92. The van der Waals surface area contributed by atoms with Crippen molar-refractivity contribution in [1.82, 2.24) is 4.98 Å². The number of hydrogen-bond acceptors (Lipinski definition) is 3. The fraction of sp³-hybridized carbons (Fsp3) is 0.357. The van der Waals surface area contributed by atoms with Crippen molar-refractivity contribution in [1.29, 1.82) is 0 Å². The molecular formula is C14H18N2O. The number of oxazole rings is 1. The summed E-state index contributed by atoms with van der Waals surface area (Å²) in [4.78, 5) is 4.45. The number of benzene rings is 1. The molecule has 0 unspecified atom stereocenters. The molecule has 0 amide bonds. The quantitative estimate of drug-likeness (QED) is 0.856. The van der Waals surface area contributed by atoms with Crippen molar-refractivity contribution in [2.75, 3.05) is 12.4 Å². The summed E-state index contributed by atoms with van der Waals surface area (Å²) in [6.45, 7) is 8.34. The van der Waals surface area contributed by atoms with Crippen LogP contribution in [-0.2, 0) is 0 Å². The van der Waals surface area contributed by atoms with Crippen LogP contribution in [0.3, 0.4) is 0 Å². The lowest BCUT2D eigenvalue weighted by Gasteiger charge is -2.09. The molecule has 0 fully saturated rings. The van der Waals surface area contributed by atoms with Crippen molar-refractivity contribution in [3.8, 4) is 11.3 Å². The minimum atomic E-state index is 0.565. The normalized spacial score (nSPS) is 10.6. The van der Waals surface area contributed by atoms with Crippen LogP contribution in [0, 0.1) is 27.7 Å². The Bertz CT molecular complexity index is 556.